The van der Waals surface area contributed by atoms with Gasteiger partial charge in [-0.3, -0.25) is 9.59 Å². The molecule has 18 heavy (non-hydrogen) atoms. The molecule has 96 valence electrons. The number of amides is 2. The number of nitrogens with zero attached hydrogens (tertiary/aromatic N) is 1. The van der Waals surface area contributed by atoms with E-state index in [1.807, 2.05) is 32.0 Å². The van der Waals surface area contributed by atoms with Crippen molar-refractivity contribution in [1.29, 1.82) is 0 Å². The molecule has 0 fully saturated rings. The van der Waals surface area contributed by atoms with E-state index in [2.05, 4.69) is 5.32 Å². The van der Waals surface area contributed by atoms with Crippen molar-refractivity contribution in [2.24, 2.45) is 5.73 Å². The number of nitrogens with one attached hydrogen (secondary N) is 1. The van der Waals surface area contributed by atoms with Crippen molar-refractivity contribution >= 4 is 23.2 Å². The standard InChI is InChI=1S/C13H17N3O2/c1-13(2)9-6-8(15-7-11(14)17)4-5-10(9)16(3)12(13)18/h4-6,15H,7H2,1-3H3,(H2,14,17). The minimum atomic E-state index is -0.533. The van der Waals surface area contributed by atoms with Crippen LogP contribution in [0.1, 0.15) is 19.4 Å². The summed E-state index contributed by atoms with van der Waals surface area (Å²) in [6.45, 7) is 3.88. The number of carbonyl (C=O) groups excluding carboxylic acids is 2. The highest BCUT2D eigenvalue weighted by Gasteiger charge is 2.42. The van der Waals surface area contributed by atoms with Crippen LogP contribution in [0.5, 0.6) is 0 Å². The molecule has 0 saturated heterocycles. The third kappa shape index (κ3) is 1.81. The summed E-state index contributed by atoms with van der Waals surface area (Å²) in [6, 6.07) is 5.62. The molecule has 1 heterocycles. The molecule has 3 N–H and O–H groups in total. The van der Waals surface area contributed by atoms with Crippen molar-refractivity contribution in [3.05, 3.63) is 23.8 Å². The van der Waals surface area contributed by atoms with E-state index in [4.69, 9.17) is 5.73 Å². The van der Waals surface area contributed by atoms with Gasteiger partial charge in [-0.2, -0.15) is 0 Å². The quantitative estimate of drug-likeness (QED) is 0.831. The van der Waals surface area contributed by atoms with Gasteiger partial charge in [0.05, 0.1) is 12.0 Å². The average Bonchev–Trinajstić information content (AvgIpc) is 2.49. The zero-order chi connectivity index (χ0) is 13.5. The summed E-state index contributed by atoms with van der Waals surface area (Å²) in [5.41, 5.74) is 7.22. The topological polar surface area (TPSA) is 75.4 Å². The number of anilines is 2. The minimum Gasteiger partial charge on any atom is -0.376 e. The van der Waals surface area contributed by atoms with Gasteiger partial charge in [0.25, 0.3) is 0 Å². The van der Waals surface area contributed by atoms with E-state index in [0.29, 0.717) is 0 Å². The van der Waals surface area contributed by atoms with Gasteiger partial charge in [0.1, 0.15) is 0 Å². The molecule has 0 atom stereocenters. The molecule has 1 aromatic rings. The molecular formula is C13H17N3O2. The minimum absolute atomic E-state index is 0.0737. The molecule has 5 nitrogen and oxygen atoms in total. The first-order chi connectivity index (χ1) is 8.34. The van der Waals surface area contributed by atoms with Crippen molar-refractivity contribution in [2.45, 2.75) is 19.3 Å². The van der Waals surface area contributed by atoms with Crippen LogP contribution in [-0.2, 0) is 15.0 Å². The molecule has 0 unspecified atom stereocenters. The van der Waals surface area contributed by atoms with Crippen LogP contribution in [0.2, 0.25) is 0 Å². The molecule has 2 amide bonds. The van der Waals surface area contributed by atoms with Crippen LogP contribution in [-0.4, -0.2) is 25.4 Å². The Morgan fingerprint density at radius 3 is 2.72 bits per heavy atom. The van der Waals surface area contributed by atoms with Crippen LogP contribution < -0.4 is 16.0 Å². The van der Waals surface area contributed by atoms with Gasteiger partial charge in [0.2, 0.25) is 11.8 Å². The first-order valence-corrected chi connectivity index (χ1v) is 5.79. The van der Waals surface area contributed by atoms with Crippen molar-refractivity contribution in [2.75, 3.05) is 23.8 Å². The van der Waals surface area contributed by atoms with Gasteiger partial charge in [-0.15, -0.1) is 0 Å². The van der Waals surface area contributed by atoms with E-state index in [9.17, 15) is 9.59 Å². The number of carbonyl (C=O) groups is 2. The molecule has 0 radical (unpaired) electrons. The summed E-state index contributed by atoms with van der Waals surface area (Å²) < 4.78 is 0. The Balaban J connectivity index is 2.36. The van der Waals surface area contributed by atoms with Crippen LogP contribution in [0.25, 0.3) is 0 Å². The Hall–Kier alpha value is -2.04. The Bertz CT molecular complexity index is 523. The fourth-order valence-electron chi connectivity index (χ4n) is 2.27. The Labute approximate surface area is 106 Å². The molecule has 0 spiro atoms. The smallest absolute Gasteiger partial charge is 0.236 e. The number of likely N-dealkylation sites (N-methyl/N-ethyl adjacent to an activating group) is 1. The summed E-state index contributed by atoms with van der Waals surface area (Å²) in [5, 5.41) is 2.94. The maximum atomic E-state index is 12.1. The van der Waals surface area contributed by atoms with E-state index < -0.39 is 11.3 Å². The molecule has 0 bridgehead atoms. The van der Waals surface area contributed by atoms with E-state index in [1.165, 1.54) is 0 Å². The molecule has 1 aliphatic rings. The highest BCUT2D eigenvalue weighted by Crippen LogP contribution is 2.41. The van der Waals surface area contributed by atoms with Crippen LogP contribution in [0.3, 0.4) is 0 Å². The van der Waals surface area contributed by atoms with Crippen LogP contribution in [0.15, 0.2) is 18.2 Å². The number of primary amides is 1. The number of rotatable bonds is 3. The maximum Gasteiger partial charge on any atom is 0.236 e. The lowest BCUT2D eigenvalue weighted by molar-refractivity contribution is -0.121. The van der Waals surface area contributed by atoms with Crippen LogP contribution >= 0.6 is 0 Å². The van der Waals surface area contributed by atoms with Crippen molar-refractivity contribution in [3.8, 4) is 0 Å². The van der Waals surface area contributed by atoms with Crippen molar-refractivity contribution < 1.29 is 9.59 Å². The number of benzene rings is 1. The molecule has 2 rings (SSSR count). The zero-order valence-corrected chi connectivity index (χ0v) is 10.8. The second-order valence-corrected chi connectivity index (χ2v) is 5.04. The van der Waals surface area contributed by atoms with E-state index in [0.717, 1.165) is 16.9 Å². The fourth-order valence-corrected chi connectivity index (χ4v) is 2.27. The van der Waals surface area contributed by atoms with Gasteiger partial charge in [0.15, 0.2) is 0 Å². The summed E-state index contributed by atoms with van der Waals surface area (Å²) in [5.74, 6) is -0.340. The molecule has 5 heteroatoms. The zero-order valence-electron chi connectivity index (χ0n) is 10.8. The molecule has 0 aliphatic carbocycles. The fraction of sp³-hybridized carbons (Fsp3) is 0.385. The van der Waals surface area contributed by atoms with Crippen LogP contribution in [0.4, 0.5) is 11.4 Å². The second kappa shape index (κ2) is 4.01. The SMILES string of the molecule is CN1C(=O)C(C)(C)c2cc(NCC(N)=O)ccc21. The summed E-state index contributed by atoms with van der Waals surface area (Å²) in [4.78, 5) is 24.5. The third-order valence-electron chi connectivity index (χ3n) is 3.34. The predicted molar refractivity (Wildman–Crippen MR) is 70.6 cm³/mol. The molecule has 0 aromatic heterocycles. The maximum absolute atomic E-state index is 12.1. The number of hydrogen-bond donors (Lipinski definition) is 2. The summed E-state index contributed by atoms with van der Waals surface area (Å²) in [7, 11) is 1.77. The van der Waals surface area contributed by atoms with Gasteiger partial charge in [0, 0.05) is 18.4 Å². The summed E-state index contributed by atoms with van der Waals surface area (Å²) >= 11 is 0. The monoisotopic (exact) mass is 247 g/mol. The van der Waals surface area contributed by atoms with Crippen molar-refractivity contribution in [3.63, 3.8) is 0 Å². The Kier molecular flexibility index (Phi) is 2.77. The van der Waals surface area contributed by atoms with Crippen molar-refractivity contribution in [1.82, 2.24) is 0 Å². The highest BCUT2D eigenvalue weighted by molar-refractivity contribution is 6.07. The molecular weight excluding hydrogens is 230 g/mol. The average molecular weight is 247 g/mol. The lowest BCUT2D eigenvalue weighted by Gasteiger charge is -2.16. The van der Waals surface area contributed by atoms with Gasteiger partial charge < -0.3 is 16.0 Å². The lowest BCUT2D eigenvalue weighted by atomic mass is 9.86. The van der Waals surface area contributed by atoms with Crippen LogP contribution in [0, 0.1) is 0 Å². The van der Waals surface area contributed by atoms with Gasteiger partial charge in [-0.1, -0.05) is 0 Å². The molecule has 0 saturated carbocycles. The van der Waals surface area contributed by atoms with E-state index in [1.54, 1.807) is 11.9 Å². The second-order valence-electron chi connectivity index (χ2n) is 5.04. The van der Waals surface area contributed by atoms with Gasteiger partial charge in [-0.25, -0.2) is 0 Å². The normalized spacial score (nSPS) is 16.6. The molecule has 1 aliphatic heterocycles. The first-order valence-electron chi connectivity index (χ1n) is 5.79. The largest absolute Gasteiger partial charge is 0.376 e. The number of fused-ring (bicyclic) bond motifs is 1. The Morgan fingerprint density at radius 2 is 2.11 bits per heavy atom. The first kappa shape index (κ1) is 12.4. The third-order valence-corrected chi connectivity index (χ3v) is 3.34. The number of nitrogens with two attached hydrogens (primary N) is 1. The Morgan fingerprint density at radius 1 is 1.44 bits per heavy atom. The molecule has 1 aromatic carbocycles. The van der Waals surface area contributed by atoms with E-state index >= 15 is 0 Å². The lowest BCUT2D eigenvalue weighted by Crippen LogP contribution is -2.33. The van der Waals surface area contributed by atoms with Gasteiger partial charge in [-0.05, 0) is 37.6 Å². The predicted octanol–water partition coefficient (Wildman–Crippen LogP) is 0.838. The van der Waals surface area contributed by atoms with Gasteiger partial charge >= 0.3 is 0 Å². The highest BCUT2D eigenvalue weighted by atomic mass is 16.2. The number of hydrogen-bond acceptors (Lipinski definition) is 3. The van der Waals surface area contributed by atoms with E-state index in [-0.39, 0.29) is 12.5 Å². The summed E-state index contributed by atoms with van der Waals surface area (Å²) in [6.07, 6.45) is 0.